The van der Waals surface area contributed by atoms with Crippen molar-refractivity contribution in [1.82, 2.24) is 10.4 Å². The Bertz CT molecular complexity index is 317. The quantitative estimate of drug-likeness (QED) is 0.567. The van der Waals surface area contributed by atoms with Gasteiger partial charge in [-0.2, -0.15) is 0 Å². The maximum atomic E-state index is 5.62. The Hall–Kier alpha value is -0.970. The Kier molecular flexibility index (Phi) is 5.38. The summed E-state index contributed by atoms with van der Waals surface area (Å²) in [5.41, 5.74) is 5.06. The highest BCUT2D eigenvalue weighted by atomic mass is 16.5. The molecule has 3 N–H and O–H groups in total. The number of aromatic nitrogens is 1. The van der Waals surface area contributed by atoms with Gasteiger partial charge in [0.2, 0.25) is 0 Å². The number of hydrazine groups is 1. The van der Waals surface area contributed by atoms with Crippen molar-refractivity contribution in [2.75, 3.05) is 13.7 Å². The summed E-state index contributed by atoms with van der Waals surface area (Å²) in [6.45, 7) is 4.90. The highest BCUT2D eigenvalue weighted by Gasteiger charge is 2.17. The molecule has 0 fully saturated rings. The molecule has 0 amide bonds. The summed E-state index contributed by atoms with van der Waals surface area (Å²) < 4.78 is 5.09. The van der Waals surface area contributed by atoms with Gasteiger partial charge in [-0.1, -0.05) is 6.92 Å². The van der Waals surface area contributed by atoms with Crippen LogP contribution in [-0.2, 0) is 4.74 Å². The summed E-state index contributed by atoms with van der Waals surface area (Å²) in [5.74, 6) is 6.04. The molecule has 0 radical (unpaired) electrons. The summed E-state index contributed by atoms with van der Waals surface area (Å²) in [6, 6.07) is 4.21. The van der Waals surface area contributed by atoms with Crippen molar-refractivity contribution < 1.29 is 4.74 Å². The molecular formula is C12H21N3O. The Morgan fingerprint density at radius 3 is 2.88 bits per heavy atom. The number of ether oxygens (including phenoxy) is 1. The number of hydrogen-bond acceptors (Lipinski definition) is 4. The van der Waals surface area contributed by atoms with Crippen LogP contribution in [-0.4, -0.2) is 18.7 Å². The van der Waals surface area contributed by atoms with E-state index in [0.717, 1.165) is 18.7 Å². The van der Waals surface area contributed by atoms with Crippen LogP contribution < -0.4 is 11.3 Å². The topological polar surface area (TPSA) is 60.2 Å². The average Bonchev–Trinajstić information content (AvgIpc) is 2.27. The summed E-state index contributed by atoms with van der Waals surface area (Å²) in [5, 5.41) is 0. The van der Waals surface area contributed by atoms with Gasteiger partial charge in [-0.3, -0.25) is 16.3 Å². The molecule has 0 spiro atoms. The molecule has 0 aliphatic heterocycles. The van der Waals surface area contributed by atoms with Crippen LogP contribution in [0.25, 0.3) is 0 Å². The van der Waals surface area contributed by atoms with Crippen LogP contribution >= 0.6 is 0 Å². The van der Waals surface area contributed by atoms with E-state index in [-0.39, 0.29) is 6.04 Å². The highest BCUT2D eigenvalue weighted by molar-refractivity contribution is 5.19. The fourth-order valence-electron chi connectivity index (χ4n) is 1.82. The van der Waals surface area contributed by atoms with Crippen LogP contribution in [0.2, 0.25) is 0 Å². The zero-order valence-corrected chi connectivity index (χ0v) is 10.2. The largest absolute Gasteiger partial charge is 0.385 e. The van der Waals surface area contributed by atoms with Gasteiger partial charge in [0.05, 0.1) is 0 Å². The SMILES string of the molecule is COCCC(C)C(NN)c1ccnc(C)c1. The number of aryl methyl sites for hydroxylation is 1. The van der Waals surface area contributed by atoms with Crippen LogP contribution in [0.1, 0.15) is 30.6 Å². The van der Waals surface area contributed by atoms with Gasteiger partial charge in [0.25, 0.3) is 0 Å². The minimum Gasteiger partial charge on any atom is -0.385 e. The monoisotopic (exact) mass is 223 g/mol. The molecule has 0 saturated carbocycles. The molecule has 1 heterocycles. The van der Waals surface area contributed by atoms with Crippen LogP contribution in [0.4, 0.5) is 0 Å². The first-order valence-corrected chi connectivity index (χ1v) is 5.56. The molecule has 1 rings (SSSR count). The van der Waals surface area contributed by atoms with Crippen molar-refractivity contribution in [3.63, 3.8) is 0 Å². The Balaban J connectivity index is 2.73. The number of pyridine rings is 1. The molecule has 0 saturated heterocycles. The fraction of sp³-hybridized carbons (Fsp3) is 0.583. The average molecular weight is 223 g/mol. The summed E-state index contributed by atoms with van der Waals surface area (Å²) in [6.07, 6.45) is 2.80. The number of methoxy groups -OCH3 is 1. The Labute approximate surface area is 97.2 Å². The second-order valence-electron chi connectivity index (χ2n) is 4.13. The highest BCUT2D eigenvalue weighted by Crippen LogP contribution is 2.23. The number of nitrogens with one attached hydrogen (secondary N) is 1. The van der Waals surface area contributed by atoms with Crippen molar-refractivity contribution in [2.45, 2.75) is 26.3 Å². The van der Waals surface area contributed by atoms with E-state index in [9.17, 15) is 0 Å². The minimum atomic E-state index is 0.150. The number of nitrogens with two attached hydrogens (primary N) is 1. The number of hydrogen-bond donors (Lipinski definition) is 2. The molecule has 0 aromatic carbocycles. The van der Waals surface area contributed by atoms with Crippen LogP contribution in [0, 0.1) is 12.8 Å². The van der Waals surface area contributed by atoms with E-state index in [1.807, 2.05) is 19.2 Å². The van der Waals surface area contributed by atoms with Crippen LogP contribution in [0.15, 0.2) is 18.3 Å². The standard InChI is InChI=1S/C12H21N3O/c1-9(5-7-16-3)12(15-13)11-4-6-14-10(2)8-11/h4,6,8-9,12,15H,5,7,13H2,1-3H3. The molecule has 90 valence electrons. The van der Waals surface area contributed by atoms with Crippen molar-refractivity contribution in [1.29, 1.82) is 0 Å². The predicted octanol–water partition coefficient (Wildman–Crippen LogP) is 1.57. The van der Waals surface area contributed by atoms with E-state index >= 15 is 0 Å². The van der Waals surface area contributed by atoms with Gasteiger partial charge in [-0.25, -0.2) is 0 Å². The summed E-state index contributed by atoms with van der Waals surface area (Å²) in [4.78, 5) is 4.18. The van der Waals surface area contributed by atoms with Crippen molar-refractivity contribution in [2.24, 2.45) is 11.8 Å². The zero-order valence-electron chi connectivity index (χ0n) is 10.2. The lowest BCUT2D eigenvalue weighted by molar-refractivity contribution is 0.170. The smallest absolute Gasteiger partial charge is 0.0487 e. The zero-order chi connectivity index (χ0) is 12.0. The van der Waals surface area contributed by atoms with Gasteiger partial charge in [0.15, 0.2) is 0 Å². The third kappa shape index (κ3) is 3.56. The Morgan fingerprint density at radius 1 is 1.56 bits per heavy atom. The lowest BCUT2D eigenvalue weighted by Gasteiger charge is -2.23. The molecule has 1 aromatic heterocycles. The van der Waals surface area contributed by atoms with E-state index in [2.05, 4.69) is 23.4 Å². The van der Waals surface area contributed by atoms with Gasteiger partial charge in [-0.15, -0.1) is 0 Å². The molecule has 4 heteroatoms. The molecule has 0 bridgehead atoms. The van der Waals surface area contributed by atoms with Crippen LogP contribution in [0.3, 0.4) is 0 Å². The summed E-state index contributed by atoms with van der Waals surface area (Å²) >= 11 is 0. The minimum absolute atomic E-state index is 0.150. The third-order valence-electron chi connectivity index (χ3n) is 2.81. The van der Waals surface area contributed by atoms with Gasteiger partial charge >= 0.3 is 0 Å². The fourth-order valence-corrected chi connectivity index (χ4v) is 1.82. The van der Waals surface area contributed by atoms with Gasteiger partial charge in [-0.05, 0) is 37.0 Å². The van der Waals surface area contributed by atoms with Crippen molar-refractivity contribution in [3.05, 3.63) is 29.6 Å². The lowest BCUT2D eigenvalue weighted by atomic mass is 9.93. The third-order valence-corrected chi connectivity index (χ3v) is 2.81. The molecule has 4 nitrogen and oxygen atoms in total. The van der Waals surface area contributed by atoms with Crippen molar-refractivity contribution >= 4 is 0 Å². The van der Waals surface area contributed by atoms with Gasteiger partial charge < -0.3 is 4.74 Å². The first-order valence-electron chi connectivity index (χ1n) is 5.56. The van der Waals surface area contributed by atoms with Gasteiger partial charge in [0, 0.05) is 31.6 Å². The predicted molar refractivity (Wildman–Crippen MR) is 64.7 cm³/mol. The van der Waals surface area contributed by atoms with E-state index in [4.69, 9.17) is 10.6 Å². The normalized spacial score (nSPS) is 14.8. The first kappa shape index (κ1) is 13.1. The van der Waals surface area contributed by atoms with Crippen LogP contribution in [0.5, 0.6) is 0 Å². The molecule has 1 aromatic rings. The van der Waals surface area contributed by atoms with E-state index in [1.165, 1.54) is 5.56 Å². The molecule has 2 unspecified atom stereocenters. The summed E-state index contributed by atoms with van der Waals surface area (Å²) in [7, 11) is 1.72. The van der Waals surface area contributed by atoms with Gasteiger partial charge in [0.1, 0.15) is 0 Å². The molecular weight excluding hydrogens is 202 g/mol. The number of nitrogens with zero attached hydrogens (tertiary/aromatic N) is 1. The molecule has 16 heavy (non-hydrogen) atoms. The number of rotatable bonds is 6. The molecule has 2 atom stereocenters. The molecule has 0 aliphatic carbocycles. The first-order chi connectivity index (χ1) is 7.69. The molecule has 0 aliphatic rings. The second kappa shape index (κ2) is 6.58. The lowest BCUT2D eigenvalue weighted by Crippen LogP contribution is -2.33. The Morgan fingerprint density at radius 2 is 2.31 bits per heavy atom. The van der Waals surface area contributed by atoms with E-state index in [0.29, 0.717) is 5.92 Å². The maximum Gasteiger partial charge on any atom is 0.0487 e. The van der Waals surface area contributed by atoms with Crippen molar-refractivity contribution in [3.8, 4) is 0 Å². The van der Waals surface area contributed by atoms with E-state index < -0.39 is 0 Å². The second-order valence-corrected chi connectivity index (χ2v) is 4.13. The van der Waals surface area contributed by atoms with E-state index in [1.54, 1.807) is 7.11 Å². The maximum absolute atomic E-state index is 5.62.